The Hall–Kier alpha value is -6.64. The largest absolute Gasteiger partial charge is 0.310 e. The quantitative estimate of drug-likeness (QED) is 0.175. The van der Waals surface area contributed by atoms with Gasteiger partial charge in [0.25, 0.3) is 0 Å². The van der Waals surface area contributed by atoms with E-state index < -0.39 is 5.41 Å². The van der Waals surface area contributed by atoms with Crippen LogP contribution in [0, 0.1) is 0 Å². The van der Waals surface area contributed by atoms with Crippen LogP contribution in [0.15, 0.2) is 182 Å². The Labute approximate surface area is 335 Å². The van der Waals surface area contributed by atoms with E-state index >= 15 is 0 Å². The number of hydrogen-bond acceptors (Lipinski definition) is 2. The van der Waals surface area contributed by atoms with Crippen LogP contribution in [0.1, 0.15) is 72.2 Å². The molecule has 2 aliphatic heterocycles. The fourth-order valence-corrected chi connectivity index (χ4v) is 11.3. The lowest BCUT2D eigenvalue weighted by Crippen LogP contribution is -2.31. The van der Waals surface area contributed by atoms with Crippen molar-refractivity contribution in [1.82, 2.24) is 0 Å². The van der Waals surface area contributed by atoms with Gasteiger partial charge in [-0.25, -0.2) is 0 Å². The number of rotatable bonds is 2. The Bertz CT molecular complexity index is 2700. The van der Waals surface area contributed by atoms with E-state index in [-0.39, 0.29) is 10.8 Å². The molecule has 1 spiro atoms. The zero-order valence-corrected chi connectivity index (χ0v) is 32.7. The van der Waals surface area contributed by atoms with E-state index in [4.69, 9.17) is 0 Å². The minimum absolute atomic E-state index is 0.126. The molecule has 57 heavy (non-hydrogen) atoms. The highest BCUT2D eigenvalue weighted by Crippen LogP contribution is 2.65. The predicted molar refractivity (Wildman–Crippen MR) is 236 cm³/mol. The van der Waals surface area contributed by atoms with E-state index in [9.17, 15) is 0 Å². The molecule has 2 heteroatoms. The molecule has 0 atom stereocenters. The number of anilines is 6. The minimum Gasteiger partial charge on any atom is -0.310 e. The molecule has 272 valence electrons. The molecule has 8 aromatic carbocycles. The summed E-state index contributed by atoms with van der Waals surface area (Å²) in [6, 6.07) is 68.8. The first-order valence-electron chi connectivity index (χ1n) is 20.3. The minimum atomic E-state index is -0.508. The Balaban J connectivity index is 1.14. The second kappa shape index (κ2) is 11.2. The summed E-state index contributed by atoms with van der Waals surface area (Å²) in [4.78, 5) is 5.02. The van der Waals surface area contributed by atoms with Crippen LogP contribution in [0.4, 0.5) is 34.1 Å². The van der Waals surface area contributed by atoms with E-state index in [1.165, 1.54) is 101 Å². The Kier molecular flexibility index (Phi) is 6.42. The summed E-state index contributed by atoms with van der Waals surface area (Å²) in [6.45, 7) is 9.45. The Morgan fingerprint density at radius 1 is 0.281 bits per heavy atom. The lowest BCUT2D eigenvalue weighted by molar-refractivity contribution is 0.632. The summed E-state index contributed by atoms with van der Waals surface area (Å²) in [5.74, 6) is 0. The van der Waals surface area contributed by atoms with Gasteiger partial charge in [-0.15, -0.1) is 0 Å². The van der Waals surface area contributed by atoms with Gasteiger partial charge in [0.2, 0.25) is 0 Å². The normalized spacial score (nSPS) is 16.4. The van der Waals surface area contributed by atoms with Gasteiger partial charge in [0, 0.05) is 22.2 Å². The first kappa shape index (κ1) is 32.6. The van der Waals surface area contributed by atoms with Crippen molar-refractivity contribution in [2.45, 2.75) is 43.9 Å². The molecule has 4 aliphatic rings. The molecule has 0 saturated carbocycles. The standard InChI is InChI=1S/C55H42N2/c1-53(2)43-21-9-13-25-49(43)56(50-26-14-10-22-44(50)53)35-29-31-39-40-32-30-36(57-51-27-15-11-23-45(51)54(3,4)46-24-12-16-28-52(46)57)34-48(40)55(47(39)33-35)41-19-7-5-17-37(41)38-18-6-8-20-42(38)55/h5-34H,1-4H3. The molecule has 0 bridgehead atoms. The van der Waals surface area contributed by atoms with E-state index in [1.807, 2.05) is 0 Å². The average molecular weight is 731 g/mol. The van der Waals surface area contributed by atoms with Gasteiger partial charge in [-0.05, 0) is 115 Å². The maximum absolute atomic E-state index is 2.52. The molecule has 0 amide bonds. The summed E-state index contributed by atoms with van der Waals surface area (Å²) in [7, 11) is 0. The highest BCUT2D eigenvalue weighted by atomic mass is 15.2. The van der Waals surface area contributed by atoms with Crippen LogP contribution >= 0.6 is 0 Å². The van der Waals surface area contributed by atoms with Crippen LogP contribution in [0.2, 0.25) is 0 Å². The van der Waals surface area contributed by atoms with E-state index in [2.05, 4.69) is 219 Å². The van der Waals surface area contributed by atoms with Crippen molar-refractivity contribution >= 4 is 34.1 Å². The molecule has 0 fully saturated rings. The zero-order valence-electron chi connectivity index (χ0n) is 32.7. The molecule has 0 saturated heterocycles. The van der Waals surface area contributed by atoms with Crippen molar-refractivity contribution in [2.75, 3.05) is 9.80 Å². The molecule has 12 rings (SSSR count). The van der Waals surface area contributed by atoms with Crippen LogP contribution in [0.25, 0.3) is 22.3 Å². The smallest absolute Gasteiger partial charge is 0.0727 e. The lowest BCUT2D eigenvalue weighted by Gasteiger charge is -2.42. The number of para-hydroxylation sites is 4. The molecule has 2 heterocycles. The van der Waals surface area contributed by atoms with Gasteiger partial charge >= 0.3 is 0 Å². The van der Waals surface area contributed by atoms with Crippen molar-refractivity contribution in [2.24, 2.45) is 0 Å². The maximum Gasteiger partial charge on any atom is 0.0727 e. The summed E-state index contributed by atoms with van der Waals surface area (Å²) >= 11 is 0. The summed E-state index contributed by atoms with van der Waals surface area (Å²) in [5, 5.41) is 0. The van der Waals surface area contributed by atoms with E-state index in [0.717, 1.165) is 0 Å². The topological polar surface area (TPSA) is 6.48 Å². The summed E-state index contributed by atoms with van der Waals surface area (Å²) in [6.07, 6.45) is 0. The van der Waals surface area contributed by atoms with Crippen molar-refractivity contribution in [3.05, 3.63) is 226 Å². The fraction of sp³-hybridized carbons (Fsp3) is 0.127. The Morgan fingerprint density at radius 3 is 0.912 bits per heavy atom. The molecule has 2 aliphatic carbocycles. The van der Waals surface area contributed by atoms with Gasteiger partial charge in [0.1, 0.15) is 0 Å². The first-order chi connectivity index (χ1) is 27.8. The molecule has 2 nitrogen and oxygen atoms in total. The molecular formula is C55H42N2. The number of fused-ring (bicyclic) bond motifs is 14. The number of benzene rings is 8. The van der Waals surface area contributed by atoms with Gasteiger partial charge in [-0.1, -0.05) is 161 Å². The number of nitrogens with zero attached hydrogens (tertiary/aromatic N) is 2. The molecule has 0 aromatic heterocycles. The average Bonchev–Trinajstić information content (AvgIpc) is 3.71. The molecular weight excluding hydrogens is 689 g/mol. The van der Waals surface area contributed by atoms with Gasteiger partial charge in [0.05, 0.1) is 28.2 Å². The fourth-order valence-electron chi connectivity index (χ4n) is 11.3. The van der Waals surface area contributed by atoms with Gasteiger partial charge in [-0.3, -0.25) is 0 Å². The molecule has 8 aromatic rings. The summed E-state index contributed by atoms with van der Waals surface area (Å²) in [5.41, 5.74) is 22.5. The first-order valence-corrected chi connectivity index (χ1v) is 20.3. The van der Waals surface area contributed by atoms with Crippen LogP contribution in [0.3, 0.4) is 0 Å². The van der Waals surface area contributed by atoms with E-state index in [0.29, 0.717) is 0 Å². The molecule has 0 N–H and O–H groups in total. The second-order valence-electron chi connectivity index (χ2n) is 17.3. The molecule has 0 radical (unpaired) electrons. The van der Waals surface area contributed by atoms with Crippen molar-refractivity contribution < 1.29 is 0 Å². The third kappa shape index (κ3) is 4.05. The number of hydrogen-bond donors (Lipinski definition) is 0. The predicted octanol–water partition coefficient (Wildman–Crippen LogP) is 14.2. The van der Waals surface area contributed by atoms with Crippen LogP contribution in [-0.2, 0) is 16.2 Å². The van der Waals surface area contributed by atoms with Gasteiger partial charge < -0.3 is 9.80 Å². The zero-order chi connectivity index (χ0) is 38.3. The van der Waals surface area contributed by atoms with Crippen molar-refractivity contribution in [1.29, 1.82) is 0 Å². The third-order valence-electron chi connectivity index (χ3n) is 13.8. The van der Waals surface area contributed by atoms with Crippen molar-refractivity contribution in [3.8, 4) is 22.3 Å². The summed E-state index contributed by atoms with van der Waals surface area (Å²) < 4.78 is 0. The monoisotopic (exact) mass is 730 g/mol. The van der Waals surface area contributed by atoms with Gasteiger partial charge in [0.15, 0.2) is 0 Å². The SMILES string of the molecule is CC1(C)c2ccccc2N(c2ccc3c(c2)C2(c4ccccc4-c4ccccc42)c2cc(N4c5ccccc5C(C)(C)c5ccccc54)ccc2-3)c2ccccc21. The second-order valence-corrected chi connectivity index (χ2v) is 17.3. The highest BCUT2D eigenvalue weighted by Gasteiger charge is 2.52. The maximum atomic E-state index is 2.52. The third-order valence-corrected chi connectivity index (χ3v) is 13.8. The Morgan fingerprint density at radius 2 is 0.561 bits per heavy atom. The van der Waals surface area contributed by atoms with Crippen molar-refractivity contribution in [3.63, 3.8) is 0 Å². The van der Waals surface area contributed by atoms with E-state index in [1.54, 1.807) is 0 Å². The van der Waals surface area contributed by atoms with Gasteiger partial charge in [-0.2, -0.15) is 0 Å². The lowest BCUT2D eigenvalue weighted by atomic mass is 9.70. The van der Waals surface area contributed by atoms with Crippen LogP contribution in [0.5, 0.6) is 0 Å². The highest BCUT2D eigenvalue weighted by molar-refractivity contribution is 5.98. The molecule has 0 unspecified atom stereocenters. The van der Waals surface area contributed by atoms with Crippen LogP contribution < -0.4 is 9.80 Å². The van der Waals surface area contributed by atoms with Crippen LogP contribution in [-0.4, -0.2) is 0 Å².